The van der Waals surface area contributed by atoms with Gasteiger partial charge in [-0.1, -0.05) is 11.6 Å². The number of fused-ring (bicyclic) bond motifs is 1. The second-order valence-electron chi connectivity index (χ2n) is 11.5. The van der Waals surface area contributed by atoms with Crippen molar-refractivity contribution < 1.29 is 33.3 Å². The molecule has 0 saturated heterocycles. The number of carboxylic acid groups (broad SMARTS) is 1. The molecule has 3 heterocycles. The van der Waals surface area contributed by atoms with E-state index in [0.717, 1.165) is 42.0 Å². The largest absolute Gasteiger partial charge is 0.480 e. The molecular formula is C29H40Cl2FN10O7PS2. The topological polar surface area (TPSA) is 253 Å². The fourth-order valence-corrected chi connectivity index (χ4v) is 6.79. The highest BCUT2D eigenvalue weighted by Crippen LogP contribution is 2.36. The summed E-state index contributed by atoms with van der Waals surface area (Å²) in [6, 6.07) is 3.70. The number of ether oxygens (including phenoxy) is 1. The van der Waals surface area contributed by atoms with Crippen molar-refractivity contribution >= 4 is 83.2 Å². The van der Waals surface area contributed by atoms with Gasteiger partial charge in [-0.05, 0) is 75.1 Å². The lowest BCUT2D eigenvalue weighted by atomic mass is 10.1. The summed E-state index contributed by atoms with van der Waals surface area (Å²) in [5.74, 6) is -1.40. The number of carbonyl (C=O) groups is 2. The van der Waals surface area contributed by atoms with Crippen molar-refractivity contribution in [2.45, 2.75) is 69.6 Å². The van der Waals surface area contributed by atoms with Gasteiger partial charge in [0.1, 0.15) is 23.1 Å². The SMILES string of the molecule is CCNc1nc(Cl)nc(NC(C)(C)C#N)n1.COC(=O)CSc1cc(/N=c2\sc(=O)n3n2CCCC3)c(F)cc1Cl.CP(=O)(O)CCC(N)C(=O)O. The molecule has 286 valence electrons. The quantitative estimate of drug-likeness (QED) is 0.0977. The number of aromatic nitrogens is 5. The molecule has 4 rings (SSSR count). The molecule has 52 heavy (non-hydrogen) atoms. The van der Waals surface area contributed by atoms with E-state index in [1.165, 1.54) is 19.8 Å². The van der Waals surface area contributed by atoms with Crippen LogP contribution in [-0.4, -0.2) is 90.1 Å². The number of benzene rings is 1. The maximum absolute atomic E-state index is 14.3. The smallest absolute Gasteiger partial charge is 0.325 e. The molecule has 6 N–H and O–H groups in total. The summed E-state index contributed by atoms with van der Waals surface area (Å²) < 4.78 is 32.9. The van der Waals surface area contributed by atoms with Crippen LogP contribution < -0.4 is 26.0 Å². The van der Waals surface area contributed by atoms with Crippen LogP contribution in [0.5, 0.6) is 0 Å². The molecule has 0 radical (unpaired) electrons. The van der Waals surface area contributed by atoms with Gasteiger partial charge in [0, 0.05) is 37.4 Å². The predicted octanol–water partition coefficient (Wildman–Crippen LogP) is 4.15. The van der Waals surface area contributed by atoms with Gasteiger partial charge < -0.3 is 31.1 Å². The minimum atomic E-state index is -3.10. The fraction of sp³-hybridized carbons (Fsp3) is 0.517. The average Bonchev–Trinajstić information content (AvgIpc) is 3.38. The summed E-state index contributed by atoms with van der Waals surface area (Å²) in [6.45, 7) is 8.55. The predicted molar refractivity (Wildman–Crippen MR) is 198 cm³/mol. The number of nitriles is 1. The molecule has 0 spiro atoms. The highest BCUT2D eigenvalue weighted by molar-refractivity contribution is 8.00. The molecule has 1 aromatic carbocycles. The van der Waals surface area contributed by atoms with Crippen LogP contribution in [0, 0.1) is 17.1 Å². The summed E-state index contributed by atoms with van der Waals surface area (Å²) in [6.07, 6.45) is 1.90. The van der Waals surface area contributed by atoms with E-state index < -0.39 is 36.7 Å². The van der Waals surface area contributed by atoms with E-state index in [4.69, 9.17) is 44.2 Å². The van der Waals surface area contributed by atoms with Gasteiger partial charge in [-0.25, -0.2) is 14.1 Å². The maximum atomic E-state index is 14.3. The van der Waals surface area contributed by atoms with Crippen LogP contribution in [0.2, 0.25) is 10.3 Å². The van der Waals surface area contributed by atoms with Crippen LogP contribution in [0.1, 0.15) is 40.0 Å². The molecule has 0 saturated carbocycles. The summed E-state index contributed by atoms with van der Waals surface area (Å²) in [7, 11) is -1.81. The number of nitrogens with one attached hydrogen (secondary N) is 2. The first-order chi connectivity index (χ1) is 24.3. The Morgan fingerprint density at radius 1 is 1.25 bits per heavy atom. The Kier molecular flexibility index (Phi) is 17.7. The molecule has 0 fully saturated rings. The highest BCUT2D eigenvalue weighted by Gasteiger charge is 2.19. The molecule has 0 bridgehead atoms. The first-order valence-corrected chi connectivity index (χ1v) is 20.3. The molecule has 17 nitrogen and oxygen atoms in total. The number of halogens is 3. The number of thioether (sulfide) groups is 1. The highest BCUT2D eigenvalue weighted by atomic mass is 35.5. The zero-order valence-electron chi connectivity index (χ0n) is 28.9. The number of hydrogen-bond acceptors (Lipinski definition) is 15. The van der Waals surface area contributed by atoms with Gasteiger partial charge in [0.2, 0.25) is 22.0 Å². The van der Waals surface area contributed by atoms with Gasteiger partial charge in [0.25, 0.3) is 0 Å². The second kappa shape index (κ2) is 20.6. The van der Waals surface area contributed by atoms with Crippen LogP contribution in [0.3, 0.4) is 0 Å². The van der Waals surface area contributed by atoms with Gasteiger partial charge in [0.05, 0.1) is 24.0 Å². The lowest BCUT2D eigenvalue weighted by molar-refractivity contribution is -0.139. The Bertz CT molecular complexity index is 1930. The normalized spacial score (nSPS) is 14.2. The fourth-order valence-electron chi connectivity index (χ4n) is 3.88. The zero-order valence-corrected chi connectivity index (χ0v) is 33.0. The van der Waals surface area contributed by atoms with Crippen molar-refractivity contribution in [3.8, 4) is 6.07 Å². The van der Waals surface area contributed by atoms with Gasteiger partial charge in [-0.15, -0.1) is 11.8 Å². The van der Waals surface area contributed by atoms with E-state index in [0.29, 0.717) is 35.3 Å². The number of carbonyl (C=O) groups excluding carboxylic acids is 1. The Balaban J connectivity index is 0.000000298. The summed E-state index contributed by atoms with van der Waals surface area (Å²) in [4.78, 5) is 59.2. The molecular weight excluding hydrogens is 785 g/mol. The number of esters is 1. The maximum Gasteiger partial charge on any atom is 0.325 e. The Labute approximate surface area is 316 Å². The average molecular weight is 826 g/mol. The van der Waals surface area contributed by atoms with Crippen molar-refractivity contribution in [1.82, 2.24) is 24.3 Å². The molecule has 2 aromatic heterocycles. The molecule has 0 amide bonds. The number of aliphatic carboxylic acids is 1. The van der Waals surface area contributed by atoms with Gasteiger partial charge in [-0.3, -0.25) is 23.6 Å². The van der Waals surface area contributed by atoms with E-state index in [2.05, 4.69) is 41.4 Å². The number of methoxy groups -OCH3 is 1. The Morgan fingerprint density at radius 2 is 1.88 bits per heavy atom. The number of nitrogens with zero attached hydrogens (tertiary/aromatic N) is 7. The number of anilines is 2. The standard InChI is InChI=1S/C15H15ClFN3O3S2.C9H13ClN6.C5H12NO4P/c1-23-13(21)8-24-12-7-11(10(17)6-9(12)16)18-14-19-4-2-3-5-20(19)15(22)25-14;1-4-12-7-13-6(10)14-8(15-7)16-9(2,3)5-11;1-11(9,10)3-2-4(6)5(7)8/h6-7H,2-5,8H2,1H3;4H2,1-3H3,(H2,12,13,14,15,16);4H,2-3,6H2,1H3,(H,7,8)(H,9,10)/b18-14-;;. The lowest BCUT2D eigenvalue weighted by Crippen LogP contribution is -2.31. The molecule has 2 atom stereocenters. The Morgan fingerprint density at radius 3 is 2.46 bits per heavy atom. The third-order valence-electron chi connectivity index (χ3n) is 6.50. The minimum Gasteiger partial charge on any atom is -0.480 e. The number of rotatable bonds is 12. The van der Waals surface area contributed by atoms with Crippen LogP contribution >= 0.6 is 53.7 Å². The summed E-state index contributed by atoms with van der Waals surface area (Å²) in [5.41, 5.74) is 4.42. The number of carboxylic acids is 1. The van der Waals surface area contributed by atoms with Gasteiger partial charge in [0.15, 0.2) is 7.37 Å². The number of hydrogen-bond donors (Lipinski definition) is 5. The molecule has 3 aromatic rings. The van der Waals surface area contributed by atoms with Crippen molar-refractivity contribution in [3.63, 3.8) is 0 Å². The van der Waals surface area contributed by atoms with E-state index in [9.17, 15) is 23.3 Å². The Hall–Kier alpha value is -3.57. The van der Waals surface area contributed by atoms with Gasteiger partial charge >= 0.3 is 16.8 Å². The third-order valence-corrected chi connectivity index (χ3v) is 10.1. The van der Waals surface area contributed by atoms with Crippen LogP contribution in [0.4, 0.5) is 22.0 Å². The van der Waals surface area contributed by atoms with Crippen LogP contribution in [0.15, 0.2) is 26.8 Å². The summed E-state index contributed by atoms with van der Waals surface area (Å²) in [5, 5.41) is 23.2. The van der Waals surface area contributed by atoms with Crippen molar-refractivity contribution in [1.29, 1.82) is 5.26 Å². The molecule has 2 unspecified atom stereocenters. The first kappa shape index (κ1) is 44.6. The summed E-state index contributed by atoms with van der Waals surface area (Å²) >= 11 is 13.9. The second-order valence-corrected chi connectivity index (χ2v) is 16.7. The van der Waals surface area contributed by atoms with E-state index >= 15 is 0 Å². The molecule has 1 aliphatic heterocycles. The minimum absolute atomic E-state index is 0.0412. The zero-order chi connectivity index (χ0) is 39.2. The van der Waals surface area contributed by atoms with Crippen molar-refractivity contribution in [2.75, 3.05) is 42.9 Å². The third kappa shape index (κ3) is 15.2. The molecule has 0 aliphatic carbocycles. The monoisotopic (exact) mass is 824 g/mol. The van der Waals surface area contributed by atoms with E-state index in [1.54, 1.807) is 23.2 Å². The van der Waals surface area contributed by atoms with E-state index in [1.807, 2.05) is 6.92 Å². The van der Waals surface area contributed by atoms with Crippen molar-refractivity contribution in [3.05, 3.63) is 42.7 Å². The van der Waals surface area contributed by atoms with Crippen molar-refractivity contribution in [2.24, 2.45) is 10.7 Å². The molecule has 1 aliphatic rings. The van der Waals surface area contributed by atoms with Gasteiger partial charge in [-0.2, -0.15) is 20.2 Å². The van der Waals surface area contributed by atoms with Crippen LogP contribution in [0.25, 0.3) is 0 Å². The van der Waals surface area contributed by atoms with E-state index in [-0.39, 0.29) is 45.2 Å². The molecule has 23 heteroatoms. The van der Waals surface area contributed by atoms with Crippen LogP contribution in [-0.2, 0) is 32.0 Å². The lowest BCUT2D eigenvalue weighted by Gasteiger charge is -2.17. The number of nitrogens with two attached hydrogens (primary N) is 1. The first-order valence-electron chi connectivity index (χ1n) is 15.5.